The van der Waals surface area contributed by atoms with Crippen molar-refractivity contribution in [2.75, 3.05) is 6.54 Å². The summed E-state index contributed by atoms with van der Waals surface area (Å²) >= 11 is 0. The van der Waals surface area contributed by atoms with Crippen molar-refractivity contribution in [3.63, 3.8) is 0 Å². The van der Waals surface area contributed by atoms with E-state index < -0.39 is 0 Å². The molecule has 3 saturated carbocycles. The number of fused-ring (bicyclic) bond motifs is 7. The Kier molecular flexibility index (Phi) is 6.83. The second-order valence-electron chi connectivity index (χ2n) is 13.3. The maximum Gasteiger partial charge on any atom is 0.302 e. The number of esters is 1. The number of rotatable bonds is 6. The molecule has 0 unspecified atom stereocenters. The summed E-state index contributed by atoms with van der Waals surface area (Å²) in [6, 6.07) is 0. The minimum Gasteiger partial charge on any atom is -0.494 e. The Morgan fingerprint density at radius 1 is 1.19 bits per heavy atom. The maximum atomic E-state index is 11.5. The fourth-order valence-corrected chi connectivity index (χ4v) is 9.34. The Balaban J connectivity index is 1.29. The molecule has 0 aromatic heterocycles. The highest BCUT2D eigenvalue weighted by atomic mass is 16.5. The molecular weight excluding hydrogens is 450 g/mol. The fourth-order valence-electron chi connectivity index (χ4n) is 9.34. The molecule has 1 heterocycles. The van der Waals surface area contributed by atoms with Gasteiger partial charge in [0.2, 0.25) is 5.91 Å². The molecule has 0 bridgehead atoms. The molecule has 1 amide bonds. The van der Waals surface area contributed by atoms with Crippen LogP contribution in [0.25, 0.3) is 0 Å². The van der Waals surface area contributed by atoms with Gasteiger partial charge in [0.1, 0.15) is 12.2 Å². The molecular formula is C31H47NO4. The predicted molar refractivity (Wildman–Crippen MR) is 141 cm³/mol. The Hall–Kier alpha value is -1.78. The van der Waals surface area contributed by atoms with Crippen LogP contribution in [0.2, 0.25) is 0 Å². The number of carbonyl (C=O) groups excluding carboxylic acids is 2. The van der Waals surface area contributed by atoms with Crippen molar-refractivity contribution in [1.82, 2.24) is 5.32 Å². The van der Waals surface area contributed by atoms with Gasteiger partial charge in [-0.3, -0.25) is 9.59 Å². The number of hydrogen-bond donors (Lipinski definition) is 1. The average Bonchev–Trinajstić information content (AvgIpc) is 3.29. The lowest BCUT2D eigenvalue weighted by atomic mass is 9.47. The minimum absolute atomic E-state index is 0.0504. The van der Waals surface area contributed by atoms with Crippen LogP contribution in [0.3, 0.4) is 0 Å². The van der Waals surface area contributed by atoms with Crippen molar-refractivity contribution in [2.45, 2.75) is 112 Å². The Bertz CT molecular complexity index is 968. The van der Waals surface area contributed by atoms with Crippen molar-refractivity contribution in [2.24, 2.45) is 40.4 Å². The number of amides is 1. The Morgan fingerprint density at radius 3 is 2.69 bits per heavy atom. The zero-order valence-electron chi connectivity index (χ0n) is 23.3. The van der Waals surface area contributed by atoms with Gasteiger partial charge in [0.15, 0.2) is 0 Å². The number of nitrogens with one attached hydrogen (secondary N) is 1. The first-order valence-corrected chi connectivity index (χ1v) is 14.5. The molecule has 36 heavy (non-hydrogen) atoms. The van der Waals surface area contributed by atoms with Crippen molar-refractivity contribution in [3.8, 4) is 0 Å². The molecule has 0 aromatic rings. The molecule has 5 aliphatic rings. The summed E-state index contributed by atoms with van der Waals surface area (Å²) in [4.78, 5) is 22.8. The number of carbonyl (C=O) groups is 2. The van der Waals surface area contributed by atoms with Gasteiger partial charge in [-0.25, -0.2) is 0 Å². The molecule has 3 fully saturated rings. The molecule has 0 saturated heterocycles. The van der Waals surface area contributed by atoms with Crippen LogP contribution in [0.1, 0.15) is 99.3 Å². The Morgan fingerprint density at radius 2 is 1.97 bits per heavy atom. The Labute approximate surface area is 217 Å². The summed E-state index contributed by atoms with van der Waals surface area (Å²) in [6.45, 7) is 13.5. The minimum atomic E-state index is -0.145. The molecule has 0 radical (unpaired) electrons. The third-order valence-corrected chi connectivity index (χ3v) is 11.2. The van der Waals surface area contributed by atoms with Crippen LogP contribution < -0.4 is 5.32 Å². The van der Waals surface area contributed by atoms with E-state index in [-0.39, 0.29) is 23.4 Å². The SMILES string of the molecule is CC(=O)NC[C@H](C)CCC1=C(C)[C@H]2[C@@H](C[C@H]3[C@H]4CC=C5C[C@@H](OC(C)=O)CC[C@]5(C)[C@@H]4CC[C@@]32C)O1. The third-order valence-electron chi connectivity index (χ3n) is 11.2. The predicted octanol–water partition coefficient (Wildman–Crippen LogP) is 6.33. The topological polar surface area (TPSA) is 64.6 Å². The summed E-state index contributed by atoms with van der Waals surface area (Å²) in [5.74, 6) is 4.37. The van der Waals surface area contributed by atoms with Gasteiger partial charge in [-0.1, -0.05) is 32.4 Å². The third kappa shape index (κ3) is 4.32. The van der Waals surface area contributed by atoms with Crippen molar-refractivity contribution < 1.29 is 19.1 Å². The molecule has 5 heteroatoms. The van der Waals surface area contributed by atoms with Crippen molar-refractivity contribution in [3.05, 3.63) is 23.0 Å². The van der Waals surface area contributed by atoms with Crippen LogP contribution in [0, 0.1) is 40.4 Å². The molecule has 5 nitrogen and oxygen atoms in total. The highest BCUT2D eigenvalue weighted by Crippen LogP contribution is 2.69. The van der Waals surface area contributed by atoms with Gasteiger partial charge in [0.05, 0.1) is 5.76 Å². The zero-order valence-corrected chi connectivity index (χ0v) is 23.3. The molecule has 0 spiro atoms. The van der Waals surface area contributed by atoms with E-state index in [4.69, 9.17) is 9.47 Å². The van der Waals surface area contributed by atoms with Gasteiger partial charge in [-0.15, -0.1) is 0 Å². The van der Waals surface area contributed by atoms with Crippen LogP contribution in [0.5, 0.6) is 0 Å². The zero-order chi connectivity index (χ0) is 25.8. The standard InChI is InChI=1S/C31H47NO4/c1-18(17-32-20(3)33)7-10-27-19(2)29-28(36-27)16-26-24-9-8-22-15-23(35-21(4)34)11-13-30(22,5)25(24)12-14-31(26,29)6/h8,18,23-26,28-29H,7,9-17H2,1-6H3,(H,32,33)/t18-,23+,24+,25-,26+,28-,29+,30+,31+/m1/s1. The first kappa shape index (κ1) is 25.9. The van der Waals surface area contributed by atoms with E-state index in [1.807, 2.05) is 0 Å². The summed E-state index contributed by atoms with van der Waals surface area (Å²) in [5.41, 5.74) is 3.66. The fraction of sp³-hybridized carbons (Fsp3) is 0.806. The van der Waals surface area contributed by atoms with Crippen LogP contribution in [-0.2, 0) is 19.1 Å². The average molecular weight is 498 g/mol. The number of ether oxygens (including phenoxy) is 2. The van der Waals surface area contributed by atoms with Gasteiger partial charge in [0, 0.05) is 39.2 Å². The van der Waals surface area contributed by atoms with Gasteiger partial charge >= 0.3 is 5.97 Å². The summed E-state index contributed by atoms with van der Waals surface area (Å²) in [6.07, 6.45) is 13.0. The number of hydrogen-bond acceptors (Lipinski definition) is 4. The molecule has 200 valence electrons. The lowest BCUT2D eigenvalue weighted by Gasteiger charge is -2.58. The largest absolute Gasteiger partial charge is 0.494 e. The lowest BCUT2D eigenvalue weighted by Crippen LogP contribution is -2.50. The maximum absolute atomic E-state index is 11.5. The van der Waals surface area contributed by atoms with E-state index in [1.165, 1.54) is 43.9 Å². The second kappa shape index (κ2) is 9.51. The van der Waals surface area contributed by atoms with E-state index >= 15 is 0 Å². The molecule has 9 atom stereocenters. The van der Waals surface area contributed by atoms with Crippen molar-refractivity contribution >= 4 is 11.9 Å². The molecule has 4 aliphatic carbocycles. The van der Waals surface area contributed by atoms with E-state index in [0.717, 1.165) is 56.4 Å². The van der Waals surface area contributed by atoms with Gasteiger partial charge in [-0.2, -0.15) is 0 Å². The molecule has 1 aliphatic heterocycles. The van der Waals surface area contributed by atoms with E-state index in [0.29, 0.717) is 23.4 Å². The molecule has 5 rings (SSSR count). The van der Waals surface area contributed by atoms with Crippen LogP contribution in [0.4, 0.5) is 0 Å². The normalized spacial score (nSPS) is 41.8. The van der Waals surface area contributed by atoms with Crippen molar-refractivity contribution in [1.29, 1.82) is 0 Å². The first-order chi connectivity index (χ1) is 17.0. The quantitative estimate of drug-likeness (QED) is 0.344. The smallest absolute Gasteiger partial charge is 0.302 e. The van der Waals surface area contributed by atoms with E-state index in [9.17, 15) is 9.59 Å². The van der Waals surface area contributed by atoms with E-state index in [2.05, 4.69) is 39.1 Å². The monoisotopic (exact) mass is 497 g/mol. The second-order valence-corrected chi connectivity index (χ2v) is 13.3. The lowest BCUT2D eigenvalue weighted by molar-refractivity contribution is -0.148. The first-order valence-electron chi connectivity index (χ1n) is 14.5. The molecule has 1 N–H and O–H groups in total. The molecule has 0 aromatic carbocycles. The van der Waals surface area contributed by atoms with Gasteiger partial charge in [0.25, 0.3) is 0 Å². The van der Waals surface area contributed by atoms with Crippen LogP contribution in [0.15, 0.2) is 23.0 Å². The summed E-state index contributed by atoms with van der Waals surface area (Å²) in [5, 5.41) is 2.95. The highest BCUT2D eigenvalue weighted by Gasteiger charge is 2.63. The number of allylic oxidation sites excluding steroid dienone is 2. The van der Waals surface area contributed by atoms with Gasteiger partial charge < -0.3 is 14.8 Å². The summed E-state index contributed by atoms with van der Waals surface area (Å²) < 4.78 is 12.3. The van der Waals surface area contributed by atoms with E-state index in [1.54, 1.807) is 12.5 Å². The van der Waals surface area contributed by atoms with Crippen LogP contribution >= 0.6 is 0 Å². The van der Waals surface area contributed by atoms with Crippen LogP contribution in [-0.4, -0.2) is 30.6 Å². The summed E-state index contributed by atoms with van der Waals surface area (Å²) in [7, 11) is 0. The highest BCUT2D eigenvalue weighted by molar-refractivity contribution is 5.72. The van der Waals surface area contributed by atoms with Gasteiger partial charge in [-0.05, 0) is 91.9 Å².